The lowest BCUT2D eigenvalue weighted by Gasteiger charge is -2.40. The Morgan fingerprint density at radius 1 is 1.27 bits per heavy atom. The zero-order valence-corrected chi connectivity index (χ0v) is 26.1. The van der Waals surface area contributed by atoms with E-state index in [4.69, 9.17) is 9.47 Å². The predicted octanol–water partition coefficient (Wildman–Crippen LogP) is 4.49. The van der Waals surface area contributed by atoms with Crippen LogP contribution in [0.15, 0.2) is 43.5 Å². The van der Waals surface area contributed by atoms with E-state index in [1.165, 1.54) is 4.90 Å². The molecule has 1 spiro atoms. The number of benzene rings is 1. The highest BCUT2D eigenvalue weighted by Gasteiger charge is 2.77. The lowest BCUT2D eigenvalue weighted by atomic mass is 9.70. The number of esters is 1. The zero-order valence-electron chi connectivity index (χ0n) is 24.6. The second-order valence-electron chi connectivity index (χ2n) is 11.9. The van der Waals surface area contributed by atoms with E-state index in [2.05, 4.69) is 29.1 Å². The van der Waals surface area contributed by atoms with Gasteiger partial charge in [0.15, 0.2) is 0 Å². The van der Waals surface area contributed by atoms with Gasteiger partial charge in [-0.3, -0.25) is 14.4 Å². The van der Waals surface area contributed by atoms with Crippen LogP contribution in [0.5, 0.6) is 0 Å². The molecule has 224 valence electrons. The number of allylic oxidation sites excluding steroid dienone is 1. The summed E-state index contributed by atoms with van der Waals surface area (Å²) in [4.78, 5) is 45.6. The molecule has 0 radical (unpaired) electrons. The monoisotopic (exact) mass is 630 g/mol. The van der Waals surface area contributed by atoms with Crippen molar-refractivity contribution in [2.24, 2.45) is 17.8 Å². The number of hydrogen-bond acceptors (Lipinski definition) is 6. The number of aliphatic hydroxyl groups excluding tert-OH is 1. The molecule has 3 saturated heterocycles. The predicted molar refractivity (Wildman–Crippen MR) is 162 cm³/mol. The first-order chi connectivity index (χ1) is 19.5. The second kappa shape index (κ2) is 12.8. The van der Waals surface area contributed by atoms with Crippen LogP contribution in [-0.2, 0) is 23.9 Å². The van der Waals surface area contributed by atoms with Crippen LogP contribution >= 0.6 is 15.9 Å². The lowest BCUT2D eigenvalue weighted by molar-refractivity contribution is -0.156. The maximum atomic E-state index is 14.8. The maximum Gasteiger partial charge on any atom is 0.312 e. The van der Waals surface area contributed by atoms with Gasteiger partial charge in [0, 0.05) is 17.1 Å². The number of carbonyl (C=O) groups is 3. The number of anilines is 1. The molecule has 0 saturated carbocycles. The first kappa shape index (κ1) is 31.4. The van der Waals surface area contributed by atoms with Gasteiger partial charge in [-0.05, 0) is 62.6 Å². The average Bonchev–Trinajstić information content (AvgIpc) is 3.52. The number of carbonyl (C=O) groups excluding carboxylic acids is 3. The number of nitrogens with zero attached hydrogens (tertiary/aromatic N) is 2. The normalized spacial score (nSPS) is 29.0. The number of ether oxygens (including phenoxy) is 2. The number of amides is 2. The third-order valence-corrected chi connectivity index (χ3v) is 9.67. The summed E-state index contributed by atoms with van der Waals surface area (Å²) in [7, 11) is 0. The topological polar surface area (TPSA) is 96.4 Å². The summed E-state index contributed by atoms with van der Waals surface area (Å²) >= 11 is 3.71. The average molecular weight is 632 g/mol. The third kappa shape index (κ3) is 5.53. The number of alkyl halides is 1. The molecule has 4 rings (SSSR count). The summed E-state index contributed by atoms with van der Waals surface area (Å²) in [5.41, 5.74) is 1.39. The number of aliphatic hydroxyl groups is 1. The fraction of sp³-hybridized carbons (Fsp3) is 0.594. The Labute approximate surface area is 251 Å². The van der Waals surface area contributed by atoms with Gasteiger partial charge in [0.05, 0.1) is 37.2 Å². The highest BCUT2D eigenvalue weighted by molar-refractivity contribution is 9.09. The molecule has 9 heteroatoms. The summed E-state index contributed by atoms with van der Waals surface area (Å²) in [6.45, 7) is 15.5. The van der Waals surface area contributed by atoms with E-state index in [0.29, 0.717) is 12.8 Å². The van der Waals surface area contributed by atoms with Crippen molar-refractivity contribution in [2.45, 2.75) is 82.0 Å². The molecular weight excluding hydrogens is 588 g/mol. The number of fused-ring (bicyclic) bond motifs is 1. The van der Waals surface area contributed by atoms with Gasteiger partial charge in [0.25, 0.3) is 5.91 Å². The number of aryl methyl sites for hydroxylation is 2. The van der Waals surface area contributed by atoms with Crippen LogP contribution in [-0.4, -0.2) is 76.2 Å². The Bertz CT molecular complexity index is 1190. The van der Waals surface area contributed by atoms with E-state index in [1.807, 2.05) is 52.0 Å². The molecule has 41 heavy (non-hydrogen) atoms. The molecule has 8 nitrogen and oxygen atoms in total. The van der Waals surface area contributed by atoms with E-state index in [0.717, 1.165) is 29.7 Å². The third-order valence-electron chi connectivity index (χ3n) is 8.83. The molecule has 3 aliphatic rings. The van der Waals surface area contributed by atoms with Crippen LogP contribution in [0.3, 0.4) is 0 Å². The summed E-state index contributed by atoms with van der Waals surface area (Å²) in [6.07, 6.45) is 5.65. The molecule has 2 bridgehead atoms. The second-order valence-corrected chi connectivity index (χ2v) is 13.1. The molecule has 1 aromatic rings. The van der Waals surface area contributed by atoms with Crippen molar-refractivity contribution in [1.29, 1.82) is 0 Å². The molecule has 3 heterocycles. The van der Waals surface area contributed by atoms with Crippen molar-refractivity contribution in [3.8, 4) is 0 Å². The molecular formula is C32H43BrN2O6. The summed E-state index contributed by atoms with van der Waals surface area (Å²) in [5.74, 6) is -3.00. The van der Waals surface area contributed by atoms with Crippen molar-refractivity contribution in [3.05, 3.63) is 54.6 Å². The summed E-state index contributed by atoms with van der Waals surface area (Å²) in [5, 5.41) is 10.5. The first-order valence-electron chi connectivity index (χ1n) is 14.6. The van der Waals surface area contributed by atoms with E-state index >= 15 is 0 Å². The van der Waals surface area contributed by atoms with Crippen molar-refractivity contribution in [1.82, 2.24) is 4.90 Å². The maximum absolute atomic E-state index is 14.8. The van der Waals surface area contributed by atoms with Gasteiger partial charge in [0.1, 0.15) is 11.6 Å². The van der Waals surface area contributed by atoms with Crippen LogP contribution in [0.2, 0.25) is 0 Å². The van der Waals surface area contributed by atoms with Crippen molar-refractivity contribution >= 4 is 39.4 Å². The number of halogens is 1. The lowest BCUT2D eigenvalue weighted by Crippen LogP contribution is -2.60. The van der Waals surface area contributed by atoms with Gasteiger partial charge >= 0.3 is 5.97 Å². The number of likely N-dealkylation sites (tertiary alicyclic amines) is 1. The minimum absolute atomic E-state index is 0.143. The fourth-order valence-electron chi connectivity index (χ4n) is 6.85. The van der Waals surface area contributed by atoms with E-state index < -0.39 is 41.6 Å². The number of hydrogen-bond donors (Lipinski definition) is 1. The van der Waals surface area contributed by atoms with Crippen molar-refractivity contribution in [3.63, 3.8) is 0 Å². The zero-order chi connectivity index (χ0) is 30.1. The highest BCUT2D eigenvalue weighted by atomic mass is 79.9. The molecule has 3 fully saturated rings. The Balaban J connectivity index is 1.78. The van der Waals surface area contributed by atoms with Crippen LogP contribution in [0.1, 0.15) is 50.7 Å². The van der Waals surface area contributed by atoms with Crippen molar-refractivity contribution in [2.75, 3.05) is 24.7 Å². The smallest absolute Gasteiger partial charge is 0.312 e. The Morgan fingerprint density at radius 3 is 2.63 bits per heavy atom. The largest absolute Gasteiger partial charge is 0.465 e. The minimum Gasteiger partial charge on any atom is -0.465 e. The number of rotatable bonds is 13. The number of unbranched alkanes of at least 4 members (excludes halogenated alkanes) is 2. The summed E-state index contributed by atoms with van der Waals surface area (Å²) < 4.78 is 12.3. The standard InChI is InChI=1S/C32H43BrN2O6/c1-7-9-10-11-15-40-31(39)25-26-29(37)35(24(18-36)19(3)4)28(32(26)17-22(33)27(25)41-32)30(38)34(14-8-2)23-16-20(5)12-13-21(23)6/h7-8,12-13,16,19,22,24-28,36H,1-2,9-11,14-15,17-18H2,3-6H3/t22?,24-,25-,26-,27-,28?,32?/m0/s1. The van der Waals surface area contributed by atoms with Gasteiger partial charge in [-0.15, -0.1) is 13.2 Å². The Morgan fingerprint density at radius 2 is 2.00 bits per heavy atom. The van der Waals surface area contributed by atoms with Gasteiger partial charge in [-0.1, -0.05) is 54.1 Å². The molecule has 3 aliphatic heterocycles. The van der Waals surface area contributed by atoms with Gasteiger partial charge < -0.3 is 24.4 Å². The molecule has 0 aromatic heterocycles. The van der Waals surface area contributed by atoms with Gasteiger partial charge in [-0.2, -0.15) is 0 Å². The molecule has 0 aliphatic carbocycles. The van der Waals surface area contributed by atoms with Crippen LogP contribution in [0.25, 0.3) is 0 Å². The van der Waals surface area contributed by atoms with Crippen LogP contribution in [0, 0.1) is 31.6 Å². The molecule has 3 unspecified atom stereocenters. The molecule has 7 atom stereocenters. The quantitative estimate of drug-likeness (QED) is 0.149. The Hall–Kier alpha value is -2.49. The van der Waals surface area contributed by atoms with E-state index in [9.17, 15) is 19.5 Å². The first-order valence-corrected chi connectivity index (χ1v) is 15.5. The van der Waals surface area contributed by atoms with Gasteiger partial charge in [-0.25, -0.2) is 0 Å². The SMILES string of the molecule is C=CCCCCOC(=O)[C@H]1[C@H]2C(=O)N([C@@H](CO)C(C)C)C(C(=O)N(CC=C)c3cc(C)ccc3C)C23CC(Br)[C@@H]1O3. The van der Waals surface area contributed by atoms with Crippen LogP contribution in [0.4, 0.5) is 5.69 Å². The Kier molecular flexibility index (Phi) is 9.81. The van der Waals surface area contributed by atoms with E-state index in [-0.39, 0.29) is 42.3 Å². The molecule has 2 amide bonds. The highest BCUT2D eigenvalue weighted by Crippen LogP contribution is 2.61. The summed E-state index contributed by atoms with van der Waals surface area (Å²) in [6, 6.07) is 4.24. The molecule has 1 N–H and O–H groups in total. The van der Waals surface area contributed by atoms with Gasteiger partial charge in [0.2, 0.25) is 5.91 Å². The minimum atomic E-state index is -1.24. The van der Waals surface area contributed by atoms with Crippen LogP contribution < -0.4 is 4.90 Å². The van der Waals surface area contributed by atoms with E-state index in [1.54, 1.807) is 11.0 Å². The van der Waals surface area contributed by atoms with Crippen molar-refractivity contribution < 1.29 is 29.0 Å². The fourth-order valence-corrected chi connectivity index (χ4v) is 7.79. The molecule has 1 aromatic carbocycles.